The van der Waals surface area contributed by atoms with E-state index in [1.54, 1.807) is 23.9 Å². The maximum atomic E-state index is 12.7. The maximum Gasteiger partial charge on any atom is 0.257 e. The summed E-state index contributed by atoms with van der Waals surface area (Å²) in [5, 5.41) is 3.49. The monoisotopic (exact) mass is 470 g/mol. The summed E-state index contributed by atoms with van der Waals surface area (Å²) in [5.41, 5.74) is 4.00. The van der Waals surface area contributed by atoms with Crippen molar-refractivity contribution in [3.63, 3.8) is 0 Å². The number of carbonyl (C=O) groups excluding carboxylic acids is 2. The van der Waals surface area contributed by atoms with Crippen LogP contribution >= 0.6 is 35.0 Å². The van der Waals surface area contributed by atoms with E-state index in [0.717, 1.165) is 17.7 Å². The van der Waals surface area contributed by atoms with Gasteiger partial charge in [-0.1, -0.05) is 54.4 Å². The molecule has 31 heavy (non-hydrogen) atoms. The van der Waals surface area contributed by atoms with Gasteiger partial charge in [0, 0.05) is 16.4 Å². The zero-order valence-corrected chi connectivity index (χ0v) is 19.1. The number of carbonyl (C=O) groups is 2. The Kier molecular flexibility index (Phi) is 6.56. The lowest BCUT2D eigenvalue weighted by Crippen LogP contribution is -2.28. The Labute approximate surface area is 195 Å². The quantitative estimate of drug-likeness (QED) is 0.457. The fraction of sp³-hybridized carbons (Fsp3) is 0.167. The van der Waals surface area contributed by atoms with Gasteiger partial charge in [0.2, 0.25) is 5.91 Å². The lowest BCUT2D eigenvalue weighted by Gasteiger charge is -2.25. The number of anilines is 2. The Balaban J connectivity index is 1.59. The van der Waals surface area contributed by atoms with E-state index in [1.165, 1.54) is 11.6 Å². The van der Waals surface area contributed by atoms with E-state index in [2.05, 4.69) is 24.4 Å². The van der Waals surface area contributed by atoms with Crippen LogP contribution in [0.15, 0.2) is 66.7 Å². The second-order valence-corrected chi connectivity index (χ2v) is 9.07. The van der Waals surface area contributed by atoms with Crippen LogP contribution < -0.4 is 10.2 Å². The van der Waals surface area contributed by atoms with Crippen molar-refractivity contribution in [3.8, 4) is 0 Å². The zero-order chi connectivity index (χ0) is 22.0. The summed E-state index contributed by atoms with van der Waals surface area (Å²) in [4.78, 5) is 27.2. The number of rotatable bonds is 5. The minimum Gasteiger partial charge on any atom is -0.322 e. The Morgan fingerprint density at radius 1 is 1.10 bits per heavy atom. The summed E-state index contributed by atoms with van der Waals surface area (Å²) in [6.45, 7) is 2.09. The number of nitrogens with one attached hydrogen (secondary N) is 1. The Hall–Kier alpha value is -2.47. The molecule has 3 aromatic carbocycles. The van der Waals surface area contributed by atoms with Crippen LogP contribution in [0, 0.1) is 0 Å². The number of nitrogens with zero attached hydrogens (tertiary/aromatic N) is 1. The number of amides is 2. The maximum absolute atomic E-state index is 12.7. The van der Waals surface area contributed by atoms with Crippen LogP contribution in [0.1, 0.15) is 33.8 Å². The first-order valence-corrected chi connectivity index (χ1v) is 11.7. The van der Waals surface area contributed by atoms with Crippen LogP contribution in [0.3, 0.4) is 0 Å². The molecule has 1 fully saturated rings. The molecule has 0 saturated carbocycles. The molecule has 158 valence electrons. The highest BCUT2D eigenvalue weighted by Gasteiger charge is 2.34. The smallest absolute Gasteiger partial charge is 0.257 e. The van der Waals surface area contributed by atoms with Crippen LogP contribution in [0.4, 0.5) is 11.4 Å². The van der Waals surface area contributed by atoms with Crippen LogP contribution in [0.5, 0.6) is 0 Å². The van der Waals surface area contributed by atoms with E-state index in [1.807, 2.05) is 41.3 Å². The minimum absolute atomic E-state index is 0.0747. The molecule has 2 amide bonds. The molecule has 0 radical (unpaired) electrons. The van der Waals surface area contributed by atoms with Crippen molar-refractivity contribution in [1.29, 1.82) is 0 Å². The molecule has 7 heteroatoms. The van der Waals surface area contributed by atoms with Crippen molar-refractivity contribution in [2.75, 3.05) is 16.0 Å². The molecule has 1 heterocycles. The highest BCUT2D eigenvalue weighted by atomic mass is 35.5. The van der Waals surface area contributed by atoms with E-state index in [9.17, 15) is 9.59 Å². The van der Waals surface area contributed by atoms with Crippen LogP contribution in [-0.4, -0.2) is 17.6 Å². The van der Waals surface area contributed by atoms with Crippen LogP contribution in [-0.2, 0) is 11.2 Å². The van der Waals surface area contributed by atoms with E-state index in [4.69, 9.17) is 23.2 Å². The average Bonchev–Trinajstić information content (AvgIpc) is 3.15. The molecule has 4 rings (SSSR count). The molecular weight excluding hydrogens is 451 g/mol. The molecule has 1 aliphatic heterocycles. The molecule has 1 aliphatic rings. The lowest BCUT2D eigenvalue weighted by atomic mass is 10.1. The SMILES string of the molecule is CCc1cccc(N2C(=O)CS[C@H]2c2cccc(NC(=O)c3ccc(Cl)cc3Cl)c2)c1. The first-order valence-electron chi connectivity index (χ1n) is 9.85. The van der Waals surface area contributed by atoms with Gasteiger partial charge in [0.1, 0.15) is 5.37 Å². The molecule has 0 unspecified atom stereocenters. The van der Waals surface area contributed by atoms with Crippen molar-refractivity contribution >= 4 is 58.2 Å². The summed E-state index contributed by atoms with van der Waals surface area (Å²) < 4.78 is 0. The zero-order valence-electron chi connectivity index (χ0n) is 16.8. The third-order valence-corrected chi connectivity index (χ3v) is 6.83. The molecule has 4 nitrogen and oxygen atoms in total. The van der Waals surface area contributed by atoms with Gasteiger partial charge in [-0.15, -0.1) is 11.8 Å². The van der Waals surface area contributed by atoms with Crippen molar-refractivity contribution < 1.29 is 9.59 Å². The average molecular weight is 471 g/mol. The van der Waals surface area contributed by atoms with Crippen LogP contribution in [0.25, 0.3) is 0 Å². The number of halogens is 2. The normalized spacial score (nSPS) is 15.9. The summed E-state index contributed by atoms with van der Waals surface area (Å²) >= 11 is 13.7. The third kappa shape index (κ3) is 4.74. The summed E-state index contributed by atoms with van der Waals surface area (Å²) in [6, 6.07) is 20.4. The van der Waals surface area contributed by atoms with E-state index >= 15 is 0 Å². The van der Waals surface area contributed by atoms with E-state index in [-0.39, 0.29) is 17.2 Å². The largest absolute Gasteiger partial charge is 0.322 e. The predicted molar refractivity (Wildman–Crippen MR) is 129 cm³/mol. The second kappa shape index (κ2) is 9.35. The Morgan fingerprint density at radius 3 is 2.68 bits per heavy atom. The lowest BCUT2D eigenvalue weighted by molar-refractivity contribution is -0.115. The molecule has 0 bridgehead atoms. The standard InChI is InChI=1S/C24H20Cl2N2O2S/c1-2-15-5-3-8-19(11-15)28-22(29)14-31-24(28)16-6-4-7-18(12-16)27-23(30)20-10-9-17(25)13-21(20)26/h3-13,24H,2,14H2,1H3,(H,27,30)/t24-/m0/s1. The van der Waals surface area contributed by atoms with Gasteiger partial charge >= 0.3 is 0 Å². The molecule has 0 aromatic heterocycles. The highest BCUT2D eigenvalue weighted by Crippen LogP contribution is 2.42. The predicted octanol–water partition coefficient (Wildman–Crippen LogP) is 6.59. The summed E-state index contributed by atoms with van der Waals surface area (Å²) in [6.07, 6.45) is 0.905. The van der Waals surface area contributed by atoms with Gasteiger partial charge in [0.15, 0.2) is 0 Å². The van der Waals surface area contributed by atoms with Crippen LogP contribution in [0.2, 0.25) is 10.0 Å². The van der Waals surface area contributed by atoms with Crippen molar-refractivity contribution in [1.82, 2.24) is 0 Å². The topological polar surface area (TPSA) is 49.4 Å². The second-order valence-electron chi connectivity index (χ2n) is 7.15. The summed E-state index contributed by atoms with van der Waals surface area (Å²) in [7, 11) is 0. The van der Waals surface area contributed by atoms with Crippen molar-refractivity contribution in [2.24, 2.45) is 0 Å². The number of hydrogen-bond donors (Lipinski definition) is 1. The molecule has 1 atom stereocenters. The first kappa shape index (κ1) is 21.8. The molecule has 1 saturated heterocycles. The van der Waals surface area contributed by atoms with E-state index in [0.29, 0.717) is 27.0 Å². The Morgan fingerprint density at radius 2 is 1.90 bits per heavy atom. The van der Waals surface area contributed by atoms with E-state index < -0.39 is 0 Å². The van der Waals surface area contributed by atoms with Gasteiger partial charge in [-0.3, -0.25) is 14.5 Å². The fourth-order valence-electron chi connectivity index (χ4n) is 3.52. The molecule has 1 N–H and O–H groups in total. The minimum atomic E-state index is -0.318. The molecule has 3 aromatic rings. The molecule has 0 spiro atoms. The number of aryl methyl sites for hydroxylation is 1. The van der Waals surface area contributed by atoms with Gasteiger partial charge in [-0.25, -0.2) is 0 Å². The Bertz CT molecular complexity index is 1150. The van der Waals surface area contributed by atoms with Crippen molar-refractivity contribution in [2.45, 2.75) is 18.7 Å². The molecular formula is C24H20Cl2N2O2S. The van der Waals surface area contributed by atoms with Crippen molar-refractivity contribution in [3.05, 3.63) is 93.5 Å². The third-order valence-electron chi connectivity index (χ3n) is 5.07. The number of benzene rings is 3. The highest BCUT2D eigenvalue weighted by molar-refractivity contribution is 8.00. The fourth-order valence-corrected chi connectivity index (χ4v) is 5.18. The van der Waals surface area contributed by atoms with Gasteiger partial charge < -0.3 is 5.32 Å². The number of hydrogen-bond acceptors (Lipinski definition) is 3. The van der Waals surface area contributed by atoms with Gasteiger partial charge in [0.25, 0.3) is 5.91 Å². The van der Waals surface area contributed by atoms with Gasteiger partial charge in [0.05, 0.1) is 16.3 Å². The summed E-state index contributed by atoms with van der Waals surface area (Å²) in [5.74, 6) is 0.171. The molecule has 0 aliphatic carbocycles. The first-order chi connectivity index (χ1) is 15.0. The number of thioether (sulfide) groups is 1. The van der Waals surface area contributed by atoms with Gasteiger partial charge in [-0.2, -0.15) is 0 Å². The van der Waals surface area contributed by atoms with Gasteiger partial charge in [-0.05, 0) is 60.0 Å².